The van der Waals surface area contributed by atoms with Crippen molar-refractivity contribution >= 4 is 17.8 Å². The Bertz CT molecular complexity index is 567. The molecule has 0 aliphatic heterocycles. The molecule has 1 aromatic carbocycles. The van der Waals surface area contributed by atoms with Crippen molar-refractivity contribution in [1.29, 1.82) is 0 Å². The van der Waals surface area contributed by atoms with Crippen molar-refractivity contribution in [3.63, 3.8) is 0 Å². The summed E-state index contributed by atoms with van der Waals surface area (Å²) >= 11 is 0. The first-order valence-corrected chi connectivity index (χ1v) is 5.41. The number of hydrogen-bond donors (Lipinski definition) is 1. The van der Waals surface area contributed by atoms with Gasteiger partial charge in [0.05, 0.1) is 0 Å². The quantitative estimate of drug-likeness (QED) is 0.664. The van der Waals surface area contributed by atoms with Crippen molar-refractivity contribution in [2.45, 2.75) is 0 Å². The molecular weight excluding hydrogens is 231 g/mol. The monoisotopic (exact) mass is 242 g/mol. The lowest BCUT2D eigenvalue weighted by atomic mass is 10.2. The fourth-order valence-electron chi connectivity index (χ4n) is 1.38. The summed E-state index contributed by atoms with van der Waals surface area (Å²) in [6, 6.07) is 13.6. The van der Waals surface area contributed by atoms with Gasteiger partial charge in [-0.05, 0) is 23.8 Å². The summed E-state index contributed by atoms with van der Waals surface area (Å²) in [5.41, 5.74) is 0.917. The van der Waals surface area contributed by atoms with E-state index in [9.17, 15) is 9.18 Å². The smallest absolute Gasteiger partial charge is 0.249 e. The van der Waals surface area contributed by atoms with E-state index in [1.54, 1.807) is 6.08 Å². The van der Waals surface area contributed by atoms with Gasteiger partial charge in [0.25, 0.3) is 0 Å². The van der Waals surface area contributed by atoms with Gasteiger partial charge in [-0.15, -0.1) is 0 Å². The second-order valence-electron chi connectivity index (χ2n) is 3.58. The predicted octanol–water partition coefficient (Wildman–Crippen LogP) is 2.87. The average molecular weight is 242 g/mol. The van der Waals surface area contributed by atoms with Gasteiger partial charge in [-0.25, -0.2) is 4.98 Å². The van der Waals surface area contributed by atoms with Gasteiger partial charge in [0.15, 0.2) is 0 Å². The van der Waals surface area contributed by atoms with Gasteiger partial charge in [-0.3, -0.25) is 4.79 Å². The normalized spacial score (nSPS) is 10.5. The Balaban J connectivity index is 1.99. The van der Waals surface area contributed by atoms with E-state index in [1.165, 1.54) is 24.3 Å². The highest BCUT2D eigenvalue weighted by molar-refractivity contribution is 6.01. The Labute approximate surface area is 104 Å². The molecule has 0 spiro atoms. The Morgan fingerprint density at radius 3 is 2.61 bits per heavy atom. The molecule has 0 radical (unpaired) electrons. The highest BCUT2D eigenvalue weighted by Gasteiger charge is 1.99. The third kappa shape index (κ3) is 3.52. The number of nitrogens with zero attached hydrogens (tertiary/aromatic N) is 1. The molecule has 0 saturated carbocycles. The van der Waals surface area contributed by atoms with Gasteiger partial charge >= 0.3 is 0 Å². The molecule has 1 heterocycles. The molecule has 18 heavy (non-hydrogen) atoms. The molecular formula is C14H11FN2O. The number of anilines is 1. The maximum atomic E-state index is 12.8. The summed E-state index contributed by atoms with van der Waals surface area (Å²) in [5, 5.41) is 2.48. The SMILES string of the molecule is O=C(/C=C/c1ccccc1)Nc1cccc(F)n1. The van der Waals surface area contributed by atoms with Crippen LogP contribution >= 0.6 is 0 Å². The molecule has 4 heteroatoms. The van der Waals surface area contributed by atoms with Crippen LogP contribution in [0.4, 0.5) is 10.2 Å². The molecule has 1 amide bonds. The van der Waals surface area contributed by atoms with Crippen LogP contribution in [0, 0.1) is 5.95 Å². The number of carbonyl (C=O) groups is 1. The predicted molar refractivity (Wildman–Crippen MR) is 68.3 cm³/mol. The van der Waals surface area contributed by atoms with E-state index in [1.807, 2.05) is 30.3 Å². The van der Waals surface area contributed by atoms with E-state index in [2.05, 4.69) is 10.3 Å². The third-order valence-corrected chi connectivity index (χ3v) is 2.19. The largest absolute Gasteiger partial charge is 0.307 e. The minimum absolute atomic E-state index is 0.192. The number of pyridine rings is 1. The molecule has 1 N–H and O–H groups in total. The molecule has 0 aliphatic carbocycles. The number of amides is 1. The first-order chi connectivity index (χ1) is 8.74. The summed E-state index contributed by atoms with van der Waals surface area (Å²) in [5.74, 6) is -0.783. The van der Waals surface area contributed by atoms with Crippen LogP contribution in [-0.2, 0) is 4.79 Å². The Hall–Kier alpha value is -2.49. The van der Waals surface area contributed by atoms with Gasteiger partial charge in [0.2, 0.25) is 11.9 Å². The minimum Gasteiger partial charge on any atom is -0.307 e. The van der Waals surface area contributed by atoms with E-state index < -0.39 is 5.95 Å². The maximum Gasteiger partial charge on any atom is 0.249 e. The fourth-order valence-corrected chi connectivity index (χ4v) is 1.38. The first kappa shape index (κ1) is 12.0. The van der Waals surface area contributed by atoms with E-state index in [-0.39, 0.29) is 11.7 Å². The molecule has 90 valence electrons. The zero-order valence-electron chi connectivity index (χ0n) is 9.51. The van der Waals surface area contributed by atoms with Crippen LogP contribution < -0.4 is 5.32 Å². The van der Waals surface area contributed by atoms with Crippen molar-refractivity contribution in [2.75, 3.05) is 5.32 Å². The summed E-state index contributed by atoms with van der Waals surface area (Å²) in [4.78, 5) is 15.1. The minimum atomic E-state index is -0.625. The van der Waals surface area contributed by atoms with Crippen LogP contribution in [0.5, 0.6) is 0 Å². The number of aromatic nitrogens is 1. The zero-order chi connectivity index (χ0) is 12.8. The molecule has 0 saturated heterocycles. The summed E-state index contributed by atoms with van der Waals surface area (Å²) in [6.07, 6.45) is 3.05. The number of hydrogen-bond acceptors (Lipinski definition) is 2. The number of carbonyl (C=O) groups excluding carboxylic acids is 1. The van der Waals surface area contributed by atoms with Crippen molar-refractivity contribution < 1.29 is 9.18 Å². The van der Waals surface area contributed by atoms with E-state index in [0.717, 1.165) is 5.56 Å². The number of halogens is 1. The fraction of sp³-hybridized carbons (Fsp3) is 0. The molecule has 2 rings (SSSR count). The van der Waals surface area contributed by atoms with Crippen LogP contribution in [-0.4, -0.2) is 10.9 Å². The highest BCUT2D eigenvalue weighted by atomic mass is 19.1. The molecule has 0 bridgehead atoms. The van der Waals surface area contributed by atoms with Crippen LogP contribution in [0.15, 0.2) is 54.6 Å². The van der Waals surface area contributed by atoms with Crippen molar-refractivity contribution in [3.05, 3.63) is 66.1 Å². The third-order valence-electron chi connectivity index (χ3n) is 2.19. The maximum absolute atomic E-state index is 12.8. The lowest BCUT2D eigenvalue weighted by Crippen LogP contribution is -2.09. The highest BCUT2D eigenvalue weighted by Crippen LogP contribution is 2.05. The average Bonchev–Trinajstić information content (AvgIpc) is 2.38. The molecule has 0 atom stereocenters. The topological polar surface area (TPSA) is 42.0 Å². The Morgan fingerprint density at radius 1 is 1.11 bits per heavy atom. The Kier molecular flexibility index (Phi) is 3.81. The molecule has 1 aromatic heterocycles. The van der Waals surface area contributed by atoms with E-state index in [0.29, 0.717) is 0 Å². The summed E-state index contributed by atoms with van der Waals surface area (Å²) in [6.45, 7) is 0. The Morgan fingerprint density at radius 2 is 1.89 bits per heavy atom. The first-order valence-electron chi connectivity index (χ1n) is 5.41. The molecule has 3 nitrogen and oxygen atoms in total. The molecule has 2 aromatic rings. The molecule has 0 unspecified atom stereocenters. The lowest BCUT2D eigenvalue weighted by molar-refractivity contribution is -0.111. The second kappa shape index (κ2) is 5.72. The van der Waals surface area contributed by atoms with Gasteiger partial charge in [0.1, 0.15) is 5.82 Å². The summed E-state index contributed by atoms with van der Waals surface area (Å²) < 4.78 is 12.8. The second-order valence-corrected chi connectivity index (χ2v) is 3.58. The number of rotatable bonds is 3. The number of nitrogens with one attached hydrogen (secondary N) is 1. The van der Waals surface area contributed by atoms with Crippen molar-refractivity contribution in [2.24, 2.45) is 0 Å². The standard InChI is InChI=1S/C14H11FN2O/c15-12-7-4-8-13(16-12)17-14(18)10-9-11-5-2-1-3-6-11/h1-10H,(H,16,17,18)/b10-9+. The number of benzene rings is 1. The van der Waals surface area contributed by atoms with Crippen LogP contribution in [0.3, 0.4) is 0 Å². The van der Waals surface area contributed by atoms with Gasteiger partial charge < -0.3 is 5.32 Å². The zero-order valence-corrected chi connectivity index (χ0v) is 9.51. The molecule has 0 aliphatic rings. The molecule has 0 fully saturated rings. The van der Waals surface area contributed by atoms with E-state index >= 15 is 0 Å². The van der Waals surface area contributed by atoms with Gasteiger partial charge in [-0.1, -0.05) is 36.4 Å². The lowest BCUT2D eigenvalue weighted by Gasteiger charge is -2.00. The van der Waals surface area contributed by atoms with Crippen molar-refractivity contribution in [3.8, 4) is 0 Å². The van der Waals surface area contributed by atoms with Crippen LogP contribution in [0.25, 0.3) is 6.08 Å². The van der Waals surface area contributed by atoms with E-state index in [4.69, 9.17) is 0 Å². The van der Waals surface area contributed by atoms with Crippen molar-refractivity contribution in [1.82, 2.24) is 4.98 Å². The summed E-state index contributed by atoms with van der Waals surface area (Å²) in [7, 11) is 0. The van der Waals surface area contributed by atoms with Crippen LogP contribution in [0.1, 0.15) is 5.56 Å². The van der Waals surface area contributed by atoms with Crippen LogP contribution in [0.2, 0.25) is 0 Å². The van der Waals surface area contributed by atoms with Gasteiger partial charge in [0, 0.05) is 6.08 Å². The van der Waals surface area contributed by atoms with Gasteiger partial charge in [-0.2, -0.15) is 4.39 Å².